The summed E-state index contributed by atoms with van der Waals surface area (Å²) in [7, 11) is 0. The Hall–Kier alpha value is -1.84. The molecule has 0 saturated heterocycles. The Morgan fingerprint density at radius 1 is 1.14 bits per heavy atom. The molecule has 2 rings (SSSR count). The van der Waals surface area contributed by atoms with Crippen LogP contribution < -0.4 is 0 Å². The summed E-state index contributed by atoms with van der Waals surface area (Å²) < 4.78 is 10.7. The minimum absolute atomic E-state index is 0.0167. The Balaban J connectivity index is 2.02. The molecule has 1 aliphatic rings. The van der Waals surface area contributed by atoms with Crippen molar-refractivity contribution in [1.82, 2.24) is 0 Å². The first-order valence-corrected chi connectivity index (χ1v) is 8.10. The van der Waals surface area contributed by atoms with Crippen molar-refractivity contribution in [3.63, 3.8) is 0 Å². The van der Waals surface area contributed by atoms with Gasteiger partial charge in [-0.3, -0.25) is 0 Å². The average molecular weight is 304 g/mol. The Labute approximate surface area is 131 Å². The zero-order valence-electron chi connectivity index (χ0n) is 13.3. The van der Waals surface area contributed by atoms with Crippen molar-refractivity contribution in [2.75, 3.05) is 6.61 Å². The lowest BCUT2D eigenvalue weighted by Crippen LogP contribution is -2.28. The minimum Gasteiger partial charge on any atom is -0.462 e. The summed E-state index contributed by atoms with van der Waals surface area (Å²) >= 11 is 0. The van der Waals surface area contributed by atoms with Crippen LogP contribution in [0, 0.1) is 5.92 Å². The molecule has 0 heterocycles. The molecule has 4 nitrogen and oxygen atoms in total. The van der Waals surface area contributed by atoms with Crippen molar-refractivity contribution in [3.8, 4) is 0 Å². The highest BCUT2D eigenvalue weighted by Gasteiger charge is 2.25. The summed E-state index contributed by atoms with van der Waals surface area (Å²) in [5.41, 5.74) is 0.795. The van der Waals surface area contributed by atoms with Crippen LogP contribution in [0.5, 0.6) is 0 Å². The third-order valence-corrected chi connectivity index (χ3v) is 4.06. The molecule has 0 radical (unpaired) electrons. The maximum absolute atomic E-state index is 12.3. The third-order valence-electron chi connectivity index (χ3n) is 4.06. The molecule has 1 aromatic carbocycles. The molecular formula is C18H24O4. The number of carbonyl (C=O) groups excluding carboxylic acids is 2. The highest BCUT2D eigenvalue weighted by Crippen LogP contribution is 2.27. The fourth-order valence-electron chi connectivity index (χ4n) is 2.71. The molecule has 0 aromatic heterocycles. The van der Waals surface area contributed by atoms with Crippen LogP contribution in [-0.2, 0) is 9.47 Å². The van der Waals surface area contributed by atoms with Gasteiger partial charge in [-0.15, -0.1) is 0 Å². The van der Waals surface area contributed by atoms with Gasteiger partial charge in [-0.05, 0) is 49.8 Å². The number of esters is 2. The maximum atomic E-state index is 12.3. The van der Waals surface area contributed by atoms with E-state index >= 15 is 0 Å². The van der Waals surface area contributed by atoms with Gasteiger partial charge in [0.25, 0.3) is 0 Å². The van der Waals surface area contributed by atoms with Crippen molar-refractivity contribution < 1.29 is 19.1 Å². The van der Waals surface area contributed by atoms with Crippen molar-refractivity contribution >= 4 is 11.9 Å². The van der Waals surface area contributed by atoms with Gasteiger partial charge in [0.1, 0.15) is 6.10 Å². The molecule has 22 heavy (non-hydrogen) atoms. The normalized spacial score (nSPS) is 21.2. The second kappa shape index (κ2) is 7.97. The zero-order chi connectivity index (χ0) is 15.9. The van der Waals surface area contributed by atoms with Gasteiger partial charge in [-0.25, -0.2) is 9.59 Å². The van der Waals surface area contributed by atoms with E-state index in [-0.39, 0.29) is 12.1 Å². The SMILES string of the molecule is CCCOC(=O)c1cccc(C(=O)OC2CCCCC2C)c1. The van der Waals surface area contributed by atoms with Gasteiger partial charge in [-0.2, -0.15) is 0 Å². The molecule has 120 valence electrons. The van der Waals surface area contributed by atoms with Gasteiger partial charge in [0.15, 0.2) is 0 Å². The molecule has 4 heteroatoms. The predicted molar refractivity (Wildman–Crippen MR) is 83.9 cm³/mol. The van der Waals surface area contributed by atoms with Crippen LogP contribution in [-0.4, -0.2) is 24.6 Å². The molecule has 2 atom stereocenters. The molecule has 0 aliphatic heterocycles. The number of rotatable bonds is 5. The monoisotopic (exact) mass is 304 g/mol. The van der Waals surface area contributed by atoms with Crippen LogP contribution in [0.2, 0.25) is 0 Å². The van der Waals surface area contributed by atoms with E-state index in [1.54, 1.807) is 24.3 Å². The van der Waals surface area contributed by atoms with Crippen LogP contribution >= 0.6 is 0 Å². The van der Waals surface area contributed by atoms with Crippen molar-refractivity contribution in [3.05, 3.63) is 35.4 Å². The fourth-order valence-corrected chi connectivity index (χ4v) is 2.71. The van der Waals surface area contributed by atoms with Crippen LogP contribution in [0.3, 0.4) is 0 Å². The molecule has 0 amide bonds. The van der Waals surface area contributed by atoms with E-state index in [1.165, 1.54) is 6.42 Å². The molecule has 0 spiro atoms. The lowest BCUT2D eigenvalue weighted by molar-refractivity contribution is 0.00481. The smallest absolute Gasteiger partial charge is 0.338 e. The van der Waals surface area contributed by atoms with E-state index < -0.39 is 5.97 Å². The van der Waals surface area contributed by atoms with Gasteiger partial charge in [-0.1, -0.05) is 26.3 Å². The summed E-state index contributed by atoms with van der Waals surface area (Å²) in [4.78, 5) is 24.1. The van der Waals surface area contributed by atoms with E-state index in [9.17, 15) is 9.59 Å². The Morgan fingerprint density at radius 2 is 1.82 bits per heavy atom. The second-order valence-corrected chi connectivity index (χ2v) is 5.92. The molecule has 1 fully saturated rings. The van der Waals surface area contributed by atoms with Gasteiger partial charge in [0.05, 0.1) is 17.7 Å². The number of hydrogen-bond acceptors (Lipinski definition) is 4. The van der Waals surface area contributed by atoms with Gasteiger partial charge < -0.3 is 9.47 Å². The fraction of sp³-hybridized carbons (Fsp3) is 0.556. The number of hydrogen-bond donors (Lipinski definition) is 0. The first-order chi connectivity index (χ1) is 10.6. The zero-order valence-corrected chi connectivity index (χ0v) is 13.3. The van der Waals surface area contributed by atoms with E-state index in [0.29, 0.717) is 23.7 Å². The first kappa shape index (κ1) is 16.5. The summed E-state index contributed by atoms with van der Waals surface area (Å²) in [5, 5.41) is 0. The largest absolute Gasteiger partial charge is 0.462 e. The number of carbonyl (C=O) groups is 2. The van der Waals surface area contributed by atoms with Gasteiger partial charge in [0.2, 0.25) is 0 Å². The molecule has 0 N–H and O–H groups in total. The molecule has 1 saturated carbocycles. The number of ether oxygens (including phenoxy) is 2. The van der Waals surface area contributed by atoms with Gasteiger partial charge in [0, 0.05) is 0 Å². The molecule has 2 unspecified atom stereocenters. The quantitative estimate of drug-likeness (QED) is 0.772. The summed E-state index contributed by atoms with van der Waals surface area (Å²) in [6.45, 7) is 4.44. The Kier molecular flexibility index (Phi) is 5.99. The van der Waals surface area contributed by atoms with Crippen LogP contribution in [0.4, 0.5) is 0 Å². The lowest BCUT2D eigenvalue weighted by Gasteiger charge is -2.28. The van der Waals surface area contributed by atoms with E-state index in [4.69, 9.17) is 9.47 Å². The van der Waals surface area contributed by atoms with E-state index in [0.717, 1.165) is 25.7 Å². The lowest BCUT2D eigenvalue weighted by atomic mass is 9.88. The summed E-state index contributed by atoms with van der Waals surface area (Å²) in [6.07, 6.45) is 5.08. The highest BCUT2D eigenvalue weighted by atomic mass is 16.5. The van der Waals surface area contributed by atoms with Gasteiger partial charge >= 0.3 is 11.9 Å². The van der Waals surface area contributed by atoms with Crippen molar-refractivity contribution in [2.24, 2.45) is 5.92 Å². The van der Waals surface area contributed by atoms with Crippen LogP contribution in [0.25, 0.3) is 0 Å². The Morgan fingerprint density at radius 3 is 2.50 bits per heavy atom. The Bertz CT molecular complexity index is 524. The summed E-state index contributed by atoms with van der Waals surface area (Å²) in [5.74, 6) is -0.359. The van der Waals surface area contributed by atoms with E-state index in [1.807, 2.05) is 6.92 Å². The maximum Gasteiger partial charge on any atom is 0.338 e. The standard InChI is InChI=1S/C18H24O4/c1-3-11-21-17(19)14-8-6-9-15(12-14)18(20)22-16-10-5-4-7-13(16)2/h6,8-9,12-13,16H,3-5,7,10-11H2,1-2H3. The molecule has 1 aliphatic carbocycles. The minimum atomic E-state index is -0.400. The average Bonchev–Trinajstić information content (AvgIpc) is 2.54. The molecule has 1 aromatic rings. The molecule has 0 bridgehead atoms. The van der Waals surface area contributed by atoms with Crippen molar-refractivity contribution in [2.45, 2.75) is 52.1 Å². The highest BCUT2D eigenvalue weighted by molar-refractivity contribution is 5.95. The third kappa shape index (κ3) is 4.33. The van der Waals surface area contributed by atoms with E-state index in [2.05, 4.69) is 6.92 Å². The van der Waals surface area contributed by atoms with Crippen LogP contribution in [0.15, 0.2) is 24.3 Å². The second-order valence-electron chi connectivity index (χ2n) is 5.92. The topological polar surface area (TPSA) is 52.6 Å². The summed E-state index contributed by atoms with van der Waals surface area (Å²) in [6, 6.07) is 6.56. The predicted octanol–water partition coefficient (Wildman–Crippen LogP) is 3.99. The van der Waals surface area contributed by atoms with Crippen molar-refractivity contribution in [1.29, 1.82) is 0 Å². The van der Waals surface area contributed by atoms with Crippen LogP contribution in [0.1, 0.15) is 66.7 Å². The number of benzene rings is 1. The molecular weight excluding hydrogens is 280 g/mol. The first-order valence-electron chi connectivity index (χ1n) is 8.10.